The standard InChI is InChI=1S/C12H22N2O3/c1-8(2)9(6-13)10(15)14-5-4-12(3,7-14)11(16)17/h8-9H,4-7,13H2,1-3H3,(H,16,17). The monoisotopic (exact) mass is 242 g/mol. The number of rotatable bonds is 4. The Labute approximate surface area is 102 Å². The number of likely N-dealkylation sites (tertiary alicyclic amines) is 1. The molecule has 0 bridgehead atoms. The second kappa shape index (κ2) is 5.04. The normalized spacial score (nSPS) is 26.3. The summed E-state index contributed by atoms with van der Waals surface area (Å²) in [7, 11) is 0. The van der Waals surface area contributed by atoms with E-state index in [4.69, 9.17) is 10.8 Å². The molecule has 0 radical (unpaired) electrons. The number of nitrogens with zero attached hydrogens (tertiary/aromatic N) is 1. The first-order valence-corrected chi connectivity index (χ1v) is 6.04. The molecule has 5 heteroatoms. The highest BCUT2D eigenvalue weighted by atomic mass is 16.4. The third-order valence-corrected chi connectivity index (χ3v) is 3.68. The maximum absolute atomic E-state index is 12.2. The fourth-order valence-electron chi connectivity index (χ4n) is 2.22. The van der Waals surface area contributed by atoms with Crippen molar-refractivity contribution < 1.29 is 14.7 Å². The van der Waals surface area contributed by atoms with Crippen LogP contribution in [0.3, 0.4) is 0 Å². The second-order valence-corrected chi connectivity index (χ2v) is 5.46. The molecular weight excluding hydrogens is 220 g/mol. The van der Waals surface area contributed by atoms with Crippen LogP contribution in [0.4, 0.5) is 0 Å². The van der Waals surface area contributed by atoms with Crippen LogP contribution in [-0.4, -0.2) is 41.5 Å². The predicted molar refractivity (Wildman–Crippen MR) is 64.3 cm³/mol. The molecule has 1 heterocycles. The third-order valence-electron chi connectivity index (χ3n) is 3.68. The number of nitrogens with two attached hydrogens (primary N) is 1. The Kier molecular flexibility index (Phi) is 4.14. The van der Waals surface area contributed by atoms with E-state index in [0.717, 1.165) is 0 Å². The number of aliphatic carboxylic acids is 1. The Morgan fingerprint density at radius 2 is 2.06 bits per heavy atom. The molecule has 1 rings (SSSR count). The molecule has 2 atom stereocenters. The lowest BCUT2D eigenvalue weighted by Crippen LogP contribution is -2.42. The molecule has 1 saturated heterocycles. The van der Waals surface area contributed by atoms with Gasteiger partial charge in [-0.3, -0.25) is 9.59 Å². The summed E-state index contributed by atoms with van der Waals surface area (Å²) < 4.78 is 0. The maximum atomic E-state index is 12.2. The van der Waals surface area contributed by atoms with Crippen molar-refractivity contribution in [2.45, 2.75) is 27.2 Å². The summed E-state index contributed by atoms with van der Waals surface area (Å²) in [6.45, 7) is 6.74. The third kappa shape index (κ3) is 2.77. The van der Waals surface area contributed by atoms with Crippen molar-refractivity contribution in [1.82, 2.24) is 4.90 Å². The Morgan fingerprint density at radius 3 is 2.41 bits per heavy atom. The molecule has 2 unspecified atom stereocenters. The van der Waals surface area contributed by atoms with Crippen LogP contribution in [-0.2, 0) is 9.59 Å². The van der Waals surface area contributed by atoms with Gasteiger partial charge in [-0.2, -0.15) is 0 Å². The lowest BCUT2D eigenvalue weighted by atomic mass is 9.90. The van der Waals surface area contributed by atoms with Crippen molar-refractivity contribution >= 4 is 11.9 Å². The molecule has 17 heavy (non-hydrogen) atoms. The van der Waals surface area contributed by atoms with Gasteiger partial charge in [0.15, 0.2) is 0 Å². The van der Waals surface area contributed by atoms with Crippen molar-refractivity contribution in [3.63, 3.8) is 0 Å². The van der Waals surface area contributed by atoms with Crippen LogP contribution < -0.4 is 5.73 Å². The van der Waals surface area contributed by atoms with Gasteiger partial charge in [0.1, 0.15) is 0 Å². The molecule has 98 valence electrons. The van der Waals surface area contributed by atoms with E-state index < -0.39 is 11.4 Å². The Bertz CT molecular complexity index is 317. The van der Waals surface area contributed by atoms with Gasteiger partial charge in [0, 0.05) is 19.6 Å². The highest BCUT2D eigenvalue weighted by Crippen LogP contribution is 2.31. The van der Waals surface area contributed by atoms with Crippen molar-refractivity contribution in [2.24, 2.45) is 23.0 Å². The van der Waals surface area contributed by atoms with Crippen LogP contribution in [0.2, 0.25) is 0 Å². The van der Waals surface area contributed by atoms with Crippen molar-refractivity contribution in [3.05, 3.63) is 0 Å². The average molecular weight is 242 g/mol. The minimum Gasteiger partial charge on any atom is -0.481 e. The van der Waals surface area contributed by atoms with Gasteiger partial charge in [-0.1, -0.05) is 13.8 Å². The Morgan fingerprint density at radius 1 is 1.47 bits per heavy atom. The largest absolute Gasteiger partial charge is 0.481 e. The average Bonchev–Trinajstić information content (AvgIpc) is 2.62. The fraction of sp³-hybridized carbons (Fsp3) is 0.833. The number of hydrogen-bond acceptors (Lipinski definition) is 3. The second-order valence-electron chi connectivity index (χ2n) is 5.46. The summed E-state index contributed by atoms with van der Waals surface area (Å²) in [5.41, 5.74) is 4.81. The highest BCUT2D eigenvalue weighted by Gasteiger charge is 2.43. The first-order valence-electron chi connectivity index (χ1n) is 6.04. The molecule has 0 aromatic rings. The van der Waals surface area contributed by atoms with Crippen LogP contribution in [0.15, 0.2) is 0 Å². The zero-order chi connectivity index (χ0) is 13.2. The Hall–Kier alpha value is -1.10. The summed E-state index contributed by atoms with van der Waals surface area (Å²) in [6.07, 6.45) is 0.517. The lowest BCUT2D eigenvalue weighted by Gasteiger charge is -2.26. The van der Waals surface area contributed by atoms with Gasteiger partial charge in [0.05, 0.1) is 11.3 Å². The van der Waals surface area contributed by atoms with Crippen LogP contribution in [0, 0.1) is 17.3 Å². The van der Waals surface area contributed by atoms with Crippen LogP contribution in [0.25, 0.3) is 0 Å². The van der Waals surface area contributed by atoms with E-state index in [9.17, 15) is 9.59 Å². The van der Waals surface area contributed by atoms with Crippen LogP contribution >= 0.6 is 0 Å². The lowest BCUT2D eigenvalue weighted by molar-refractivity contribution is -0.147. The minimum atomic E-state index is -0.832. The highest BCUT2D eigenvalue weighted by molar-refractivity contribution is 5.82. The predicted octanol–water partition coefficient (Wildman–Crippen LogP) is 0.541. The molecule has 0 aromatic heterocycles. The van der Waals surface area contributed by atoms with E-state index in [1.54, 1.807) is 11.8 Å². The first kappa shape index (κ1) is 14.0. The molecule has 0 aromatic carbocycles. The van der Waals surface area contributed by atoms with Crippen LogP contribution in [0.1, 0.15) is 27.2 Å². The van der Waals surface area contributed by atoms with E-state index in [2.05, 4.69) is 0 Å². The van der Waals surface area contributed by atoms with Gasteiger partial charge in [0.2, 0.25) is 5.91 Å². The zero-order valence-electron chi connectivity index (χ0n) is 10.8. The molecular formula is C12H22N2O3. The van der Waals surface area contributed by atoms with Crippen LogP contribution in [0.5, 0.6) is 0 Å². The first-order chi connectivity index (χ1) is 7.81. The van der Waals surface area contributed by atoms with Gasteiger partial charge >= 0.3 is 5.97 Å². The van der Waals surface area contributed by atoms with E-state index in [1.165, 1.54) is 0 Å². The molecule has 0 aliphatic carbocycles. The zero-order valence-corrected chi connectivity index (χ0v) is 10.8. The molecule has 0 spiro atoms. The molecule has 1 aliphatic rings. The van der Waals surface area contributed by atoms with Crippen molar-refractivity contribution in [1.29, 1.82) is 0 Å². The number of carbonyl (C=O) groups is 2. The quantitative estimate of drug-likeness (QED) is 0.753. The van der Waals surface area contributed by atoms with E-state index in [0.29, 0.717) is 26.1 Å². The minimum absolute atomic E-state index is 0.00697. The topological polar surface area (TPSA) is 83.6 Å². The molecule has 1 amide bonds. The number of carboxylic acids is 1. The fourth-order valence-corrected chi connectivity index (χ4v) is 2.22. The van der Waals surface area contributed by atoms with Gasteiger partial charge in [0.25, 0.3) is 0 Å². The maximum Gasteiger partial charge on any atom is 0.311 e. The van der Waals surface area contributed by atoms with Gasteiger partial charge in [-0.15, -0.1) is 0 Å². The van der Waals surface area contributed by atoms with Gasteiger partial charge < -0.3 is 15.7 Å². The SMILES string of the molecule is CC(C)C(CN)C(=O)N1CCC(C)(C(=O)O)C1. The van der Waals surface area contributed by atoms with Crippen molar-refractivity contribution in [2.75, 3.05) is 19.6 Å². The molecule has 5 nitrogen and oxygen atoms in total. The number of amides is 1. The summed E-state index contributed by atoms with van der Waals surface area (Å²) in [6, 6.07) is 0. The smallest absolute Gasteiger partial charge is 0.311 e. The number of hydrogen-bond donors (Lipinski definition) is 2. The van der Waals surface area contributed by atoms with E-state index in [1.807, 2.05) is 13.8 Å². The molecule has 1 fully saturated rings. The molecule has 0 saturated carbocycles. The van der Waals surface area contributed by atoms with Gasteiger partial charge in [-0.25, -0.2) is 0 Å². The number of carboxylic acid groups (broad SMARTS) is 1. The van der Waals surface area contributed by atoms with E-state index in [-0.39, 0.29) is 17.7 Å². The Balaban J connectivity index is 2.71. The summed E-state index contributed by atoms with van der Waals surface area (Å²) >= 11 is 0. The summed E-state index contributed by atoms with van der Waals surface area (Å²) in [5, 5.41) is 9.11. The van der Waals surface area contributed by atoms with Gasteiger partial charge in [-0.05, 0) is 19.3 Å². The summed E-state index contributed by atoms with van der Waals surface area (Å²) in [5.74, 6) is -0.857. The number of carbonyl (C=O) groups excluding carboxylic acids is 1. The van der Waals surface area contributed by atoms with Crippen molar-refractivity contribution in [3.8, 4) is 0 Å². The summed E-state index contributed by atoms with van der Waals surface area (Å²) in [4.78, 5) is 24.9. The molecule has 3 N–H and O–H groups in total. The molecule has 1 aliphatic heterocycles. The van der Waals surface area contributed by atoms with E-state index >= 15 is 0 Å².